The van der Waals surface area contributed by atoms with Crippen molar-refractivity contribution in [2.24, 2.45) is 17.3 Å². The van der Waals surface area contributed by atoms with Crippen LogP contribution in [0.15, 0.2) is 42.5 Å². The van der Waals surface area contributed by atoms with Crippen molar-refractivity contribution in [2.75, 3.05) is 0 Å². The monoisotopic (exact) mass is 500 g/mol. The summed E-state index contributed by atoms with van der Waals surface area (Å²) in [6.07, 6.45) is 5.97. The number of hydrogen-bond donors (Lipinski definition) is 0. The zero-order valence-electron chi connectivity index (χ0n) is 22.6. The van der Waals surface area contributed by atoms with Gasteiger partial charge in [-0.2, -0.15) is 0 Å². The number of benzene rings is 2. The summed E-state index contributed by atoms with van der Waals surface area (Å²) >= 11 is 0. The predicted octanol–water partition coefficient (Wildman–Crippen LogP) is 5.63. The van der Waals surface area contributed by atoms with Crippen molar-refractivity contribution in [3.05, 3.63) is 59.2 Å². The molecule has 194 valence electrons. The van der Waals surface area contributed by atoms with Crippen LogP contribution in [0.25, 0.3) is 0 Å². The highest BCUT2D eigenvalue weighted by atomic mass is 16.7. The maximum absolute atomic E-state index is 12.9. The molecule has 0 aromatic heterocycles. The number of ketones is 1. The molecular formula is C31H37BO5. The molecule has 4 aliphatic rings. The molecule has 1 saturated heterocycles. The van der Waals surface area contributed by atoms with E-state index in [-0.39, 0.29) is 11.4 Å². The first-order valence-corrected chi connectivity index (χ1v) is 13.8. The van der Waals surface area contributed by atoms with E-state index in [0.29, 0.717) is 34.8 Å². The van der Waals surface area contributed by atoms with Gasteiger partial charge in [-0.15, -0.1) is 0 Å². The lowest BCUT2D eigenvalue weighted by Gasteiger charge is -2.48. The van der Waals surface area contributed by atoms with Gasteiger partial charge >= 0.3 is 13.1 Å². The summed E-state index contributed by atoms with van der Waals surface area (Å²) in [7, 11) is -0.459. The fourth-order valence-corrected chi connectivity index (χ4v) is 7.31. The Morgan fingerprint density at radius 3 is 2.32 bits per heavy atom. The van der Waals surface area contributed by atoms with Gasteiger partial charge in [0.05, 0.1) is 16.8 Å². The average molecular weight is 500 g/mol. The molecule has 1 heterocycles. The van der Waals surface area contributed by atoms with Crippen molar-refractivity contribution in [3.63, 3.8) is 0 Å². The lowest BCUT2D eigenvalue weighted by atomic mass is 9.55. The summed E-state index contributed by atoms with van der Waals surface area (Å²) in [5.74, 6) is 2.33. The molecule has 0 unspecified atom stereocenters. The molecule has 0 amide bonds. The highest BCUT2D eigenvalue weighted by Gasteiger charge is 2.54. The molecule has 6 rings (SSSR count). The molecule has 4 atom stereocenters. The second kappa shape index (κ2) is 8.54. The number of carbonyl (C=O) groups excluding carboxylic acids is 2. The van der Waals surface area contributed by atoms with Crippen molar-refractivity contribution >= 4 is 24.3 Å². The number of hydrogen-bond acceptors (Lipinski definition) is 5. The van der Waals surface area contributed by atoms with Gasteiger partial charge in [0.1, 0.15) is 11.5 Å². The minimum Gasteiger partial charge on any atom is -0.423 e. The third kappa shape index (κ3) is 3.99. The van der Waals surface area contributed by atoms with Gasteiger partial charge in [0.15, 0.2) is 0 Å². The minimum absolute atomic E-state index is 0.105. The predicted molar refractivity (Wildman–Crippen MR) is 143 cm³/mol. The number of Topliss-reactive ketones (excluding diaryl/α,β-unsaturated/α-hetero) is 1. The van der Waals surface area contributed by atoms with Gasteiger partial charge < -0.3 is 14.0 Å². The normalized spacial score (nSPS) is 31.4. The smallest absolute Gasteiger partial charge is 0.423 e. The van der Waals surface area contributed by atoms with Crippen molar-refractivity contribution in [1.82, 2.24) is 0 Å². The first-order chi connectivity index (χ1) is 17.5. The maximum Gasteiger partial charge on any atom is 0.494 e. The van der Waals surface area contributed by atoms with E-state index in [1.807, 2.05) is 45.9 Å². The quantitative estimate of drug-likeness (QED) is 0.311. The molecule has 37 heavy (non-hydrogen) atoms. The van der Waals surface area contributed by atoms with E-state index in [2.05, 4.69) is 19.1 Å². The van der Waals surface area contributed by atoms with Crippen LogP contribution in [-0.4, -0.2) is 30.1 Å². The topological polar surface area (TPSA) is 61.8 Å². The van der Waals surface area contributed by atoms with Gasteiger partial charge in [-0.1, -0.05) is 25.1 Å². The van der Waals surface area contributed by atoms with E-state index in [9.17, 15) is 9.59 Å². The van der Waals surface area contributed by atoms with Crippen LogP contribution in [0.4, 0.5) is 0 Å². The number of ether oxygens (including phenoxy) is 1. The molecule has 5 nitrogen and oxygen atoms in total. The number of rotatable bonds is 3. The van der Waals surface area contributed by atoms with Crippen LogP contribution in [0.2, 0.25) is 0 Å². The first kappa shape index (κ1) is 24.9. The SMILES string of the molecule is CC1(C)OB(c2ccc(C(=O)Oc3ccc4c(c3)CC[C@@H]3[C@@H]4CC[C@]4(C)C(=O)CC[C@@H]34)cc2)OC1(C)C. The van der Waals surface area contributed by atoms with Gasteiger partial charge in [-0.25, -0.2) is 4.79 Å². The molecule has 2 aromatic rings. The molecule has 0 N–H and O–H groups in total. The van der Waals surface area contributed by atoms with Gasteiger partial charge in [-0.3, -0.25) is 4.79 Å². The number of aryl methyl sites for hydroxylation is 1. The number of fused-ring (bicyclic) bond motifs is 5. The third-order valence-corrected chi connectivity index (χ3v) is 10.3. The molecule has 0 bridgehead atoms. The highest BCUT2D eigenvalue weighted by molar-refractivity contribution is 6.62. The molecule has 6 heteroatoms. The van der Waals surface area contributed by atoms with Crippen molar-refractivity contribution in [1.29, 1.82) is 0 Å². The number of carbonyl (C=O) groups is 2. The molecular weight excluding hydrogens is 463 g/mol. The van der Waals surface area contributed by atoms with E-state index in [1.165, 1.54) is 11.1 Å². The van der Waals surface area contributed by atoms with Crippen LogP contribution < -0.4 is 10.2 Å². The Kier molecular flexibility index (Phi) is 5.74. The van der Waals surface area contributed by atoms with Gasteiger partial charge in [-0.05, 0) is 118 Å². The largest absolute Gasteiger partial charge is 0.494 e. The van der Waals surface area contributed by atoms with Gasteiger partial charge in [0, 0.05) is 11.8 Å². The number of esters is 1. The van der Waals surface area contributed by atoms with E-state index < -0.39 is 18.3 Å². The molecule has 1 aliphatic heterocycles. The van der Waals surface area contributed by atoms with Crippen molar-refractivity contribution in [2.45, 2.75) is 90.3 Å². The van der Waals surface area contributed by atoms with Crippen LogP contribution in [-0.2, 0) is 20.5 Å². The van der Waals surface area contributed by atoms with Crippen LogP contribution >= 0.6 is 0 Å². The molecule has 3 fully saturated rings. The Labute approximate surface area is 220 Å². The van der Waals surface area contributed by atoms with E-state index in [4.69, 9.17) is 14.0 Å². The summed E-state index contributed by atoms with van der Waals surface area (Å²) in [6.45, 7) is 10.3. The zero-order chi connectivity index (χ0) is 26.2. The second-order valence-corrected chi connectivity index (χ2v) is 12.8. The lowest BCUT2D eigenvalue weighted by molar-refractivity contribution is -0.129. The van der Waals surface area contributed by atoms with E-state index in [1.54, 1.807) is 12.1 Å². The summed E-state index contributed by atoms with van der Waals surface area (Å²) < 4.78 is 18.0. The highest BCUT2D eigenvalue weighted by Crippen LogP contribution is 2.59. The molecule has 0 radical (unpaired) electrons. The molecule has 3 aliphatic carbocycles. The van der Waals surface area contributed by atoms with Crippen molar-refractivity contribution in [3.8, 4) is 5.75 Å². The fraction of sp³-hybridized carbons (Fsp3) is 0.548. The summed E-state index contributed by atoms with van der Waals surface area (Å²) in [6, 6.07) is 13.4. The van der Waals surface area contributed by atoms with E-state index >= 15 is 0 Å². The summed E-state index contributed by atoms with van der Waals surface area (Å²) in [5.41, 5.74) is 3.13. The summed E-state index contributed by atoms with van der Waals surface area (Å²) in [5, 5.41) is 0. The summed E-state index contributed by atoms with van der Waals surface area (Å²) in [4.78, 5) is 25.5. The van der Waals surface area contributed by atoms with Gasteiger partial charge in [0.2, 0.25) is 0 Å². The second-order valence-electron chi connectivity index (χ2n) is 12.8. The Balaban J connectivity index is 1.14. The van der Waals surface area contributed by atoms with Crippen molar-refractivity contribution < 1.29 is 23.6 Å². The average Bonchev–Trinajstić information content (AvgIpc) is 3.29. The van der Waals surface area contributed by atoms with Crippen LogP contribution in [0.3, 0.4) is 0 Å². The lowest BCUT2D eigenvalue weighted by Crippen LogP contribution is -2.42. The molecule has 0 spiro atoms. The third-order valence-electron chi connectivity index (χ3n) is 10.3. The molecule has 2 aromatic carbocycles. The fourth-order valence-electron chi connectivity index (χ4n) is 7.31. The minimum atomic E-state index is -0.459. The Bertz CT molecular complexity index is 1230. The maximum atomic E-state index is 12.9. The van der Waals surface area contributed by atoms with Crippen LogP contribution in [0, 0.1) is 17.3 Å². The zero-order valence-corrected chi connectivity index (χ0v) is 22.6. The van der Waals surface area contributed by atoms with Crippen LogP contribution in [0.5, 0.6) is 5.75 Å². The Hall–Kier alpha value is -2.44. The standard InChI is InChI=1S/C31H37BO5/c1-29(2)30(3,4)37-32(36-29)21-9-6-19(7-10-21)28(34)35-22-11-13-23-20(18-22)8-12-25-24(23)16-17-31(5)26(25)14-15-27(31)33/h6-7,9-11,13,18,24-26H,8,12,14-17H2,1-5H3/t24-,25-,26+,31+/m1/s1. The van der Waals surface area contributed by atoms with Gasteiger partial charge in [0.25, 0.3) is 0 Å². The Morgan fingerprint density at radius 2 is 1.62 bits per heavy atom. The van der Waals surface area contributed by atoms with Crippen LogP contribution in [0.1, 0.15) is 94.1 Å². The first-order valence-electron chi connectivity index (χ1n) is 13.8. The molecule has 2 saturated carbocycles. The Morgan fingerprint density at radius 1 is 0.919 bits per heavy atom. The van der Waals surface area contributed by atoms with E-state index in [0.717, 1.165) is 44.0 Å².